The van der Waals surface area contributed by atoms with Gasteiger partial charge in [0.1, 0.15) is 0 Å². The smallest absolute Gasteiger partial charge is 0.0763 e. The Morgan fingerprint density at radius 3 is 2.19 bits per heavy atom. The molecule has 0 bridgehead atoms. The van der Waals surface area contributed by atoms with Crippen molar-refractivity contribution >= 4 is 0 Å². The van der Waals surface area contributed by atoms with Crippen molar-refractivity contribution in [1.82, 2.24) is 14.8 Å². The SMILES string of the molecule is CCn1nc(C)c(-c2ccncc2)c1-c1ccc(C)cc1. The van der Waals surface area contributed by atoms with Crippen LogP contribution in [-0.4, -0.2) is 14.8 Å². The number of rotatable bonds is 3. The number of nitrogens with zero attached hydrogens (tertiary/aromatic N) is 3. The van der Waals surface area contributed by atoms with Gasteiger partial charge in [-0.25, -0.2) is 0 Å². The Labute approximate surface area is 125 Å². The summed E-state index contributed by atoms with van der Waals surface area (Å²) < 4.78 is 2.08. The van der Waals surface area contributed by atoms with Gasteiger partial charge in [0, 0.05) is 30.1 Å². The Balaban J connectivity index is 2.25. The first-order valence-electron chi connectivity index (χ1n) is 7.25. The molecular formula is C18H19N3. The molecule has 106 valence electrons. The van der Waals surface area contributed by atoms with E-state index in [9.17, 15) is 0 Å². The van der Waals surface area contributed by atoms with Crippen LogP contribution in [0.4, 0.5) is 0 Å². The molecule has 1 aromatic carbocycles. The average Bonchev–Trinajstić information content (AvgIpc) is 2.85. The van der Waals surface area contributed by atoms with Crippen LogP contribution in [0.3, 0.4) is 0 Å². The summed E-state index contributed by atoms with van der Waals surface area (Å²) in [7, 11) is 0. The summed E-state index contributed by atoms with van der Waals surface area (Å²) in [5, 5.41) is 4.70. The monoisotopic (exact) mass is 277 g/mol. The van der Waals surface area contributed by atoms with E-state index in [-0.39, 0.29) is 0 Å². The molecule has 3 heteroatoms. The summed E-state index contributed by atoms with van der Waals surface area (Å²) in [6, 6.07) is 12.7. The second-order valence-corrected chi connectivity index (χ2v) is 5.23. The van der Waals surface area contributed by atoms with Crippen LogP contribution in [0.5, 0.6) is 0 Å². The van der Waals surface area contributed by atoms with E-state index in [0.717, 1.165) is 17.8 Å². The lowest BCUT2D eigenvalue weighted by atomic mass is 9.99. The molecule has 2 heterocycles. The summed E-state index contributed by atoms with van der Waals surface area (Å²) in [5.41, 5.74) is 7.07. The molecule has 0 saturated carbocycles. The second kappa shape index (κ2) is 5.52. The largest absolute Gasteiger partial charge is 0.265 e. The molecule has 0 atom stereocenters. The fourth-order valence-electron chi connectivity index (χ4n) is 2.68. The van der Waals surface area contributed by atoms with Crippen molar-refractivity contribution in [3.63, 3.8) is 0 Å². The van der Waals surface area contributed by atoms with Crippen molar-refractivity contribution in [2.24, 2.45) is 0 Å². The van der Waals surface area contributed by atoms with Gasteiger partial charge in [-0.1, -0.05) is 29.8 Å². The van der Waals surface area contributed by atoms with E-state index in [0.29, 0.717) is 0 Å². The fraction of sp³-hybridized carbons (Fsp3) is 0.222. The Bertz CT molecular complexity index is 740. The van der Waals surface area contributed by atoms with E-state index in [1.54, 1.807) is 0 Å². The number of benzene rings is 1. The molecule has 0 N–H and O–H groups in total. The highest BCUT2D eigenvalue weighted by atomic mass is 15.3. The predicted molar refractivity (Wildman–Crippen MR) is 86.0 cm³/mol. The van der Waals surface area contributed by atoms with Crippen LogP contribution in [0.1, 0.15) is 18.2 Å². The summed E-state index contributed by atoms with van der Waals surface area (Å²) in [6.45, 7) is 7.16. The van der Waals surface area contributed by atoms with Crippen LogP contribution in [0.2, 0.25) is 0 Å². The first kappa shape index (κ1) is 13.6. The lowest BCUT2D eigenvalue weighted by Gasteiger charge is -2.09. The zero-order valence-electron chi connectivity index (χ0n) is 12.7. The summed E-state index contributed by atoms with van der Waals surface area (Å²) in [4.78, 5) is 4.11. The first-order chi connectivity index (χ1) is 10.2. The van der Waals surface area contributed by atoms with Crippen molar-refractivity contribution in [2.75, 3.05) is 0 Å². The highest BCUT2D eigenvalue weighted by molar-refractivity contribution is 5.82. The standard InChI is InChI=1S/C18H19N3/c1-4-21-18(16-7-5-13(2)6-8-16)17(14(3)20-21)15-9-11-19-12-10-15/h5-12H,4H2,1-3H3. The van der Waals surface area contributed by atoms with Crippen LogP contribution >= 0.6 is 0 Å². The molecule has 3 rings (SSSR count). The molecular weight excluding hydrogens is 258 g/mol. The molecule has 0 radical (unpaired) electrons. The van der Waals surface area contributed by atoms with E-state index in [4.69, 9.17) is 5.10 Å². The number of pyridine rings is 1. The number of aryl methyl sites for hydroxylation is 3. The van der Waals surface area contributed by atoms with Crippen molar-refractivity contribution in [3.05, 3.63) is 60.0 Å². The Morgan fingerprint density at radius 2 is 1.57 bits per heavy atom. The van der Waals surface area contributed by atoms with Crippen LogP contribution < -0.4 is 0 Å². The van der Waals surface area contributed by atoms with Crippen LogP contribution in [0.25, 0.3) is 22.4 Å². The normalized spacial score (nSPS) is 10.8. The second-order valence-electron chi connectivity index (χ2n) is 5.23. The van der Waals surface area contributed by atoms with Gasteiger partial charge in [0.25, 0.3) is 0 Å². The maximum absolute atomic E-state index is 4.70. The predicted octanol–water partition coefficient (Wildman–Crippen LogP) is 4.25. The van der Waals surface area contributed by atoms with Crippen molar-refractivity contribution < 1.29 is 0 Å². The minimum atomic E-state index is 0.856. The average molecular weight is 277 g/mol. The molecule has 0 spiro atoms. The van der Waals surface area contributed by atoms with Crippen molar-refractivity contribution in [2.45, 2.75) is 27.3 Å². The van der Waals surface area contributed by atoms with Crippen LogP contribution in [-0.2, 0) is 6.54 Å². The van der Waals surface area contributed by atoms with Gasteiger partial charge in [-0.2, -0.15) is 5.10 Å². The van der Waals surface area contributed by atoms with Gasteiger partial charge in [0.05, 0.1) is 11.4 Å². The lowest BCUT2D eigenvalue weighted by Crippen LogP contribution is -1.99. The van der Waals surface area contributed by atoms with E-state index < -0.39 is 0 Å². The third-order valence-electron chi connectivity index (χ3n) is 3.72. The van der Waals surface area contributed by atoms with Gasteiger partial charge in [-0.05, 0) is 38.5 Å². The van der Waals surface area contributed by atoms with Gasteiger partial charge in [-0.15, -0.1) is 0 Å². The van der Waals surface area contributed by atoms with Gasteiger partial charge >= 0.3 is 0 Å². The topological polar surface area (TPSA) is 30.7 Å². The molecule has 3 nitrogen and oxygen atoms in total. The van der Waals surface area contributed by atoms with E-state index in [1.807, 2.05) is 24.5 Å². The Kier molecular flexibility index (Phi) is 3.57. The maximum atomic E-state index is 4.70. The molecule has 21 heavy (non-hydrogen) atoms. The van der Waals surface area contributed by atoms with Gasteiger partial charge in [-0.3, -0.25) is 9.67 Å². The number of hydrogen-bond donors (Lipinski definition) is 0. The zero-order chi connectivity index (χ0) is 14.8. The summed E-state index contributed by atoms with van der Waals surface area (Å²) in [5.74, 6) is 0. The molecule has 0 aliphatic carbocycles. The Hall–Kier alpha value is -2.42. The fourth-order valence-corrected chi connectivity index (χ4v) is 2.68. The Morgan fingerprint density at radius 1 is 0.905 bits per heavy atom. The van der Waals surface area contributed by atoms with Crippen molar-refractivity contribution in [3.8, 4) is 22.4 Å². The highest BCUT2D eigenvalue weighted by Gasteiger charge is 2.17. The molecule has 0 amide bonds. The van der Waals surface area contributed by atoms with Gasteiger partial charge in [0.2, 0.25) is 0 Å². The number of hydrogen-bond acceptors (Lipinski definition) is 2. The first-order valence-corrected chi connectivity index (χ1v) is 7.25. The molecule has 0 aliphatic heterocycles. The van der Waals surface area contributed by atoms with Gasteiger partial charge in [0.15, 0.2) is 0 Å². The van der Waals surface area contributed by atoms with Crippen LogP contribution in [0.15, 0.2) is 48.8 Å². The molecule has 2 aromatic heterocycles. The quantitative estimate of drug-likeness (QED) is 0.716. The molecule has 0 fully saturated rings. The van der Waals surface area contributed by atoms with Crippen LogP contribution in [0, 0.1) is 13.8 Å². The van der Waals surface area contributed by atoms with E-state index in [1.165, 1.54) is 22.4 Å². The third-order valence-corrected chi connectivity index (χ3v) is 3.72. The van der Waals surface area contributed by atoms with Gasteiger partial charge < -0.3 is 0 Å². The minimum Gasteiger partial charge on any atom is -0.265 e. The summed E-state index contributed by atoms with van der Waals surface area (Å²) >= 11 is 0. The zero-order valence-corrected chi connectivity index (χ0v) is 12.7. The molecule has 0 aliphatic rings. The molecule has 3 aromatic rings. The highest BCUT2D eigenvalue weighted by Crippen LogP contribution is 2.34. The molecule has 0 unspecified atom stereocenters. The summed E-state index contributed by atoms with van der Waals surface area (Å²) in [6.07, 6.45) is 3.66. The van der Waals surface area contributed by atoms with Crippen molar-refractivity contribution in [1.29, 1.82) is 0 Å². The van der Waals surface area contributed by atoms with E-state index >= 15 is 0 Å². The minimum absolute atomic E-state index is 0.856. The maximum Gasteiger partial charge on any atom is 0.0763 e. The number of aromatic nitrogens is 3. The lowest BCUT2D eigenvalue weighted by molar-refractivity contribution is 0.660. The third kappa shape index (κ3) is 2.47. The van der Waals surface area contributed by atoms with E-state index in [2.05, 4.69) is 54.7 Å². The molecule has 0 saturated heterocycles.